The maximum atomic E-state index is 11.8. The topological polar surface area (TPSA) is 46.9 Å². The highest BCUT2D eigenvalue weighted by Gasteiger charge is 2.15. The van der Waals surface area contributed by atoms with Crippen LogP contribution in [0, 0.1) is 3.95 Å². The van der Waals surface area contributed by atoms with Gasteiger partial charge in [-0.25, -0.2) is 4.68 Å². The van der Waals surface area contributed by atoms with Crippen LogP contribution in [-0.4, -0.2) is 27.0 Å². The van der Waals surface area contributed by atoms with Crippen LogP contribution in [0.4, 0.5) is 0 Å². The second-order valence-electron chi connectivity index (χ2n) is 5.47. The maximum Gasteiger partial charge on any atom is 0.230 e. The van der Waals surface area contributed by atoms with Crippen molar-refractivity contribution >= 4 is 41.2 Å². The number of hydrogen-bond donors (Lipinski definition) is 1. The van der Waals surface area contributed by atoms with Crippen LogP contribution in [0.1, 0.15) is 20.8 Å². The summed E-state index contributed by atoms with van der Waals surface area (Å²) in [5, 5.41) is 7.39. The number of carbonyl (C=O) groups is 1. The number of aromatic nitrogens is 2. The Morgan fingerprint density at radius 3 is 2.67 bits per heavy atom. The molecule has 0 saturated heterocycles. The molecule has 1 aromatic carbocycles. The van der Waals surface area contributed by atoms with E-state index in [1.165, 1.54) is 23.1 Å². The van der Waals surface area contributed by atoms with Gasteiger partial charge in [-0.05, 0) is 45.1 Å². The summed E-state index contributed by atoms with van der Waals surface area (Å²) in [7, 11) is 0. The predicted molar refractivity (Wildman–Crippen MR) is 90.9 cm³/mol. The van der Waals surface area contributed by atoms with Gasteiger partial charge in [-0.3, -0.25) is 4.79 Å². The number of thioether (sulfide) groups is 1. The molecule has 0 fully saturated rings. The second kappa shape index (κ2) is 6.72. The largest absolute Gasteiger partial charge is 0.351 e. The molecule has 0 spiro atoms. The highest BCUT2D eigenvalue weighted by Crippen LogP contribution is 2.23. The van der Waals surface area contributed by atoms with Crippen molar-refractivity contribution in [2.45, 2.75) is 30.6 Å². The van der Waals surface area contributed by atoms with Crippen LogP contribution in [0.3, 0.4) is 0 Å². The monoisotopic (exact) mass is 339 g/mol. The fourth-order valence-electron chi connectivity index (χ4n) is 1.63. The van der Waals surface area contributed by atoms with Crippen molar-refractivity contribution in [3.8, 4) is 5.69 Å². The second-order valence-corrected chi connectivity index (χ2v) is 8.31. The third-order valence-corrected chi connectivity index (χ3v) is 4.74. The van der Waals surface area contributed by atoms with Gasteiger partial charge in [0.2, 0.25) is 5.91 Å². The van der Waals surface area contributed by atoms with Crippen LogP contribution >= 0.6 is 35.3 Å². The minimum atomic E-state index is -0.215. The lowest BCUT2D eigenvalue weighted by Gasteiger charge is -2.19. The minimum absolute atomic E-state index is 0.000112. The van der Waals surface area contributed by atoms with Gasteiger partial charge in [-0.1, -0.05) is 41.3 Å². The molecule has 1 aromatic heterocycles. The first-order valence-corrected chi connectivity index (χ1v) is 8.65. The quantitative estimate of drug-likeness (QED) is 0.682. The van der Waals surface area contributed by atoms with E-state index in [2.05, 4.69) is 10.4 Å². The summed E-state index contributed by atoms with van der Waals surface area (Å²) in [5.74, 6) is 0.342. The van der Waals surface area contributed by atoms with E-state index in [0.29, 0.717) is 9.71 Å². The van der Waals surface area contributed by atoms with Crippen molar-refractivity contribution < 1.29 is 4.79 Å². The molecule has 1 N–H and O–H groups in total. The smallest absolute Gasteiger partial charge is 0.230 e. The fraction of sp³-hybridized carbons (Fsp3) is 0.357. The molecule has 0 unspecified atom stereocenters. The number of benzene rings is 1. The fourth-order valence-corrected chi connectivity index (χ4v) is 3.79. The van der Waals surface area contributed by atoms with Crippen molar-refractivity contribution in [2.75, 3.05) is 5.75 Å². The number of para-hydroxylation sites is 1. The van der Waals surface area contributed by atoms with Crippen LogP contribution in [-0.2, 0) is 4.79 Å². The Kier molecular flexibility index (Phi) is 5.18. The van der Waals surface area contributed by atoms with E-state index in [0.717, 1.165) is 10.0 Å². The SMILES string of the molecule is CC(C)(C)NC(=O)CSc1nn(-c2ccccc2)c(=S)s1. The molecule has 4 nitrogen and oxygen atoms in total. The van der Waals surface area contributed by atoms with Gasteiger partial charge in [-0.2, -0.15) is 0 Å². The van der Waals surface area contributed by atoms with Crippen molar-refractivity contribution in [1.82, 2.24) is 15.1 Å². The number of carbonyl (C=O) groups excluding carboxylic acids is 1. The van der Waals surface area contributed by atoms with E-state index >= 15 is 0 Å². The number of rotatable bonds is 4. The van der Waals surface area contributed by atoms with Crippen LogP contribution in [0.25, 0.3) is 5.69 Å². The molecule has 0 aliphatic carbocycles. The molecule has 0 atom stereocenters. The van der Waals surface area contributed by atoms with Crippen LogP contribution in [0.2, 0.25) is 0 Å². The summed E-state index contributed by atoms with van der Waals surface area (Å²) < 4.78 is 3.21. The number of nitrogens with one attached hydrogen (secondary N) is 1. The van der Waals surface area contributed by atoms with Gasteiger partial charge in [0.25, 0.3) is 0 Å². The first-order valence-electron chi connectivity index (χ1n) is 6.44. The number of amides is 1. The minimum Gasteiger partial charge on any atom is -0.351 e. The van der Waals surface area contributed by atoms with Gasteiger partial charge >= 0.3 is 0 Å². The normalized spacial score (nSPS) is 11.4. The molecule has 2 aromatic rings. The summed E-state index contributed by atoms with van der Waals surface area (Å²) in [4.78, 5) is 11.8. The molecule has 0 aliphatic heterocycles. The Labute approximate surface area is 137 Å². The Balaban J connectivity index is 2.04. The lowest BCUT2D eigenvalue weighted by molar-refractivity contribution is -0.119. The van der Waals surface area contributed by atoms with Crippen molar-refractivity contribution in [3.05, 3.63) is 34.3 Å². The van der Waals surface area contributed by atoms with Crippen molar-refractivity contribution in [3.63, 3.8) is 0 Å². The van der Waals surface area contributed by atoms with Crippen molar-refractivity contribution in [1.29, 1.82) is 0 Å². The van der Waals surface area contributed by atoms with E-state index in [-0.39, 0.29) is 11.4 Å². The number of hydrogen-bond acceptors (Lipinski definition) is 5. The zero-order valence-electron chi connectivity index (χ0n) is 12.1. The van der Waals surface area contributed by atoms with Crippen molar-refractivity contribution in [2.24, 2.45) is 0 Å². The molecular weight excluding hydrogens is 322 g/mol. The van der Waals surface area contributed by atoms with E-state index in [9.17, 15) is 4.79 Å². The van der Waals surface area contributed by atoms with Gasteiger partial charge in [0.05, 0.1) is 11.4 Å². The third-order valence-electron chi connectivity index (χ3n) is 2.37. The molecule has 21 heavy (non-hydrogen) atoms. The molecular formula is C14H17N3OS3. The summed E-state index contributed by atoms with van der Waals surface area (Å²) in [5.41, 5.74) is 0.720. The van der Waals surface area contributed by atoms with Crippen LogP contribution in [0.15, 0.2) is 34.7 Å². The molecule has 7 heteroatoms. The first-order chi connectivity index (χ1) is 9.85. The summed E-state index contributed by atoms with van der Waals surface area (Å²) in [6.07, 6.45) is 0. The average molecular weight is 340 g/mol. The van der Waals surface area contributed by atoms with E-state index in [1.54, 1.807) is 4.68 Å². The van der Waals surface area contributed by atoms with Gasteiger partial charge in [0.15, 0.2) is 8.29 Å². The highest BCUT2D eigenvalue weighted by molar-refractivity contribution is 8.01. The molecule has 1 amide bonds. The molecule has 0 saturated carbocycles. The van der Waals surface area contributed by atoms with Gasteiger partial charge in [0.1, 0.15) is 0 Å². The zero-order valence-corrected chi connectivity index (χ0v) is 14.6. The van der Waals surface area contributed by atoms with Crippen LogP contribution < -0.4 is 5.32 Å². The third kappa shape index (κ3) is 4.94. The van der Waals surface area contributed by atoms with E-state index < -0.39 is 0 Å². The van der Waals surface area contributed by atoms with E-state index in [1.807, 2.05) is 51.1 Å². The Hall–Kier alpha value is -1.18. The molecule has 0 aliphatic rings. The highest BCUT2D eigenvalue weighted by atomic mass is 32.2. The van der Waals surface area contributed by atoms with Crippen LogP contribution in [0.5, 0.6) is 0 Å². The lowest BCUT2D eigenvalue weighted by Crippen LogP contribution is -2.41. The molecule has 0 bridgehead atoms. The summed E-state index contributed by atoms with van der Waals surface area (Å²) in [6.45, 7) is 5.89. The molecule has 112 valence electrons. The maximum absolute atomic E-state index is 11.8. The Bertz CT molecular complexity index is 671. The number of nitrogens with zero attached hydrogens (tertiary/aromatic N) is 2. The van der Waals surface area contributed by atoms with Gasteiger partial charge < -0.3 is 5.32 Å². The summed E-state index contributed by atoms with van der Waals surface area (Å²) >= 11 is 8.15. The zero-order chi connectivity index (χ0) is 15.5. The predicted octanol–water partition coefficient (Wildman–Crippen LogP) is 3.67. The first kappa shape index (κ1) is 16.2. The standard InChI is InChI=1S/C14H17N3OS3/c1-14(2,3)15-11(18)9-20-12-16-17(13(19)21-12)10-7-5-4-6-8-10/h4-8H,9H2,1-3H3,(H,15,18). The average Bonchev–Trinajstić information content (AvgIpc) is 2.77. The lowest BCUT2D eigenvalue weighted by atomic mass is 10.1. The molecule has 1 heterocycles. The van der Waals surface area contributed by atoms with Gasteiger partial charge in [-0.15, -0.1) is 5.10 Å². The van der Waals surface area contributed by atoms with E-state index in [4.69, 9.17) is 12.2 Å². The molecule has 0 radical (unpaired) electrons. The summed E-state index contributed by atoms with van der Waals surface area (Å²) in [6, 6.07) is 9.75. The Morgan fingerprint density at radius 1 is 1.38 bits per heavy atom. The molecule has 2 rings (SSSR count). The van der Waals surface area contributed by atoms with Gasteiger partial charge in [0, 0.05) is 5.54 Å². The Morgan fingerprint density at radius 2 is 2.05 bits per heavy atom.